The van der Waals surface area contributed by atoms with Gasteiger partial charge in [0, 0.05) is 1.37 Å². The second-order valence-corrected chi connectivity index (χ2v) is 7.33. The Kier molecular flexibility index (Phi) is 1.13. The van der Waals surface area contributed by atoms with Crippen molar-refractivity contribution in [1.82, 2.24) is 0 Å². The van der Waals surface area contributed by atoms with Crippen molar-refractivity contribution < 1.29 is 1.37 Å². The summed E-state index contributed by atoms with van der Waals surface area (Å²) < 4.78 is 8.83. The smallest absolute Gasteiger partial charge is 0.0306 e. The third-order valence-corrected chi connectivity index (χ3v) is 7.22. The summed E-state index contributed by atoms with van der Waals surface area (Å²) in [6.07, 6.45) is 7.46. The van der Waals surface area contributed by atoms with E-state index in [1.54, 1.807) is 6.42 Å². The highest BCUT2D eigenvalue weighted by Gasteiger charge is 2.65. The molecule has 7 saturated carbocycles. The van der Waals surface area contributed by atoms with E-state index >= 15 is 0 Å². The molecule has 0 aromatic carbocycles. The topological polar surface area (TPSA) is 0 Å². The second kappa shape index (κ2) is 2.31. The summed E-state index contributed by atoms with van der Waals surface area (Å²) >= 11 is 0. The molecule has 0 heteroatoms. The Hall–Kier alpha value is 0. The van der Waals surface area contributed by atoms with Gasteiger partial charge in [0.25, 0.3) is 0 Å². The molecule has 7 rings (SSSR count). The monoisotopic (exact) mass is 203 g/mol. The van der Waals surface area contributed by atoms with Gasteiger partial charge in [-0.05, 0) is 85.3 Å². The van der Waals surface area contributed by atoms with Crippen molar-refractivity contribution in [3.63, 3.8) is 0 Å². The van der Waals surface area contributed by atoms with Crippen LogP contribution in [0.3, 0.4) is 0 Å². The first-order valence-electron chi connectivity index (χ1n) is 7.66. The number of hydrogen-bond acceptors (Lipinski definition) is 0. The average molecular weight is 203 g/mol. The lowest BCUT2D eigenvalue weighted by Gasteiger charge is -2.71. The van der Waals surface area contributed by atoms with Gasteiger partial charge in [-0.2, -0.15) is 0 Å². The molecule has 82 valence electrons. The van der Waals surface area contributed by atoms with Crippen molar-refractivity contribution in [2.75, 3.05) is 0 Å². The minimum atomic E-state index is -0.0460. The fourth-order valence-electron chi connectivity index (χ4n) is 7.01. The third-order valence-electron chi connectivity index (χ3n) is 7.22. The molecule has 0 aliphatic heterocycles. The maximum Gasteiger partial charge on any atom is 0.0306 e. The van der Waals surface area contributed by atoms with E-state index in [9.17, 15) is 0 Å². The highest BCUT2D eigenvalue weighted by atomic mass is 14.7. The van der Waals surface area contributed by atoms with E-state index in [1.807, 2.05) is 0 Å². The van der Waals surface area contributed by atoms with Gasteiger partial charge in [0.05, 0.1) is 0 Å². The molecule has 8 bridgehead atoms. The molecule has 5 atom stereocenters. The first kappa shape index (κ1) is 7.35. The molecule has 0 spiro atoms. The zero-order chi connectivity index (χ0) is 10.7. The van der Waals surface area contributed by atoms with Gasteiger partial charge in [-0.15, -0.1) is 0 Å². The third kappa shape index (κ3) is 0.746. The van der Waals surface area contributed by atoms with Gasteiger partial charge in [0.1, 0.15) is 0 Å². The molecule has 0 aromatic rings. The van der Waals surface area contributed by atoms with Crippen molar-refractivity contribution >= 4 is 0 Å². The van der Waals surface area contributed by atoms with Crippen molar-refractivity contribution in [3.8, 4) is 0 Å². The van der Waals surface area contributed by atoms with E-state index in [0.29, 0.717) is 0 Å². The zero-order valence-electron chi connectivity index (χ0n) is 10.7. The quantitative estimate of drug-likeness (QED) is 0.564. The molecule has 15 heavy (non-hydrogen) atoms. The van der Waals surface area contributed by atoms with Gasteiger partial charge < -0.3 is 0 Å². The summed E-state index contributed by atoms with van der Waals surface area (Å²) in [6.45, 7) is 2.29. The van der Waals surface area contributed by atoms with Crippen molar-refractivity contribution in [1.29, 1.82) is 0 Å². The van der Waals surface area contributed by atoms with Crippen LogP contribution >= 0.6 is 0 Å². The summed E-state index contributed by atoms with van der Waals surface area (Å²) in [5.41, 5.74) is 0. The molecule has 0 amide bonds. The Morgan fingerprint density at radius 2 is 1.33 bits per heavy atom. The van der Waals surface area contributed by atoms with Crippen LogP contribution in [0, 0.1) is 53.2 Å². The summed E-state index contributed by atoms with van der Waals surface area (Å²) in [6, 6.07) is 0. The first-order valence-corrected chi connectivity index (χ1v) is 7.16. The van der Waals surface area contributed by atoms with Gasteiger partial charge in [-0.1, -0.05) is 6.92 Å². The van der Waals surface area contributed by atoms with E-state index in [0.717, 1.165) is 47.3 Å². The average Bonchev–Trinajstić information content (AvgIpc) is 2.25. The lowest BCUT2D eigenvalue weighted by atomic mass is 9.34. The number of rotatable bonds is 0. The van der Waals surface area contributed by atoms with Crippen LogP contribution in [0.5, 0.6) is 0 Å². The minimum absolute atomic E-state index is 0.0460. The predicted molar refractivity (Wildman–Crippen MR) is 60.2 cm³/mol. The fraction of sp³-hybridized carbons (Fsp3) is 1.00. The van der Waals surface area contributed by atoms with Crippen molar-refractivity contribution in [2.45, 2.75) is 39.0 Å². The summed E-state index contributed by atoms with van der Waals surface area (Å²) in [5.74, 6) is 7.83. The van der Waals surface area contributed by atoms with Crippen LogP contribution in [0.1, 0.15) is 40.4 Å². The fourth-order valence-corrected chi connectivity index (χ4v) is 7.01. The van der Waals surface area contributed by atoms with Crippen LogP contribution < -0.4 is 0 Å². The Morgan fingerprint density at radius 3 is 2.00 bits per heavy atom. The normalized spacial score (nSPS) is 78.9. The second-order valence-electron chi connectivity index (χ2n) is 7.33. The Labute approximate surface area is 94.2 Å². The molecule has 0 saturated heterocycles. The molecular formula is C15H22. The molecule has 0 radical (unpaired) electrons. The lowest BCUT2D eigenvalue weighted by Crippen LogP contribution is -2.64. The van der Waals surface area contributed by atoms with E-state index in [2.05, 4.69) is 6.92 Å². The van der Waals surface area contributed by atoms with Crippen LogP contribution in [0.15, 0.2) is 0 Å². The Balaban J connectivity index is 1.71. The van der Waals surface area contributed by atoms with Crippen molar-refractivity contribution in [3.05, 3.63) is 0 Å². The van der Waals surface area contributed by atoms with Gasteiger partial charge in [0.2, 0.25) is 0 Å². The minimum Gasteiger partial charge on any atom is -0.0620 e. The molecule has 0 heterocycles. The molecule has 0 nitrogen and oxygen atoms in total. The summed E-state index contributed by atoms with van der Waals surface area (Å²) in [4.78, 5) is 0. The van der Waals surface area contributed by atoms with E-state index in [-0.39, 0.29) is 5.89 Å². The molecule has 7 aliphatic rings. The molecule has 7 aliphatic carbocycles. The predicted octanol–water partition coefficient (Wildman–Crippen LogP) is 3.57. The molecular weight excluding hydrogens is 180 g/mol. The van der Waals surface area contributed by atoms with Crippen LogP contribution in [0.4, 0.5) is 0 Å². The highest BCUT2D eigenvalue weighted by Crippen LogP contribution is 2.72. The van der Waals surface area contributed by atoms with Crippen LogP contribution in [0.25, 0.3) is 0 Å². The van der Waals surface area contributed by atoms with Gasteiger partial charge in [-0.25, -0.2) is 0 Å². The standard InChI is InChI=1S/C15H22/c1-7-9-5-11-10-2-8-3-13(11)15(7)14(4-8)12(10)6-9/h7-15H,2-6H2,1H3/t7-,8?,9?,10?,11?,12?,13?,14?,15?/m0/s1/i7D. The van der Waals surface area contributed by atoms with Gasteiger partial charge in [-0.3, -0.25) is 0 Å². The molecule has 0 N–H and O–H groups in total. The lowest BCUT2D eigenvalue weighted by molar-refractivity contribution is -0.226. The maximum atomic E-state index is 8.83. The van der Waals surface area contributed by atoms with Crippen LogP contribution in [0.2, 0.25) is 0 Å². The zero-order valence-corrected chi connectivity index (χ0v) is 9.65. The first-order chi connectivity index (χ1) is 7.66. The van der Waals surface area contributed by atoms with Crippen LogP contribution in [-0.4, -0.2) is 0 Å². The van der Waals surface area contributed by atoms with Crippen LogP contribution in [-0.2, 0) is 0 Å². The number of hydrogen-bond donors (Lipinski definition) is 0. The van der Waals surface area contributed by atoms with Crippen molar-refractivity contribution in [2.24, 2.45) is 53.2 Å². The molecule has 7 fully saturated rings. The van der Waals surface area contributed by atoms with Gasteiger partial charge >= 0.3 is 0 Å². The van der Waals surface area contributed by atoms with E-state index in [1.165, 1.54) is 25.7 Å². The summed E-state index contributed by atoms with van der Waals surface area (Å²) in [5, 5.41) is 0. The molecule has 4 unspecified atom stereocenters. The van der Waals surface area contributed by atoms with E-state index < -0.39 is 0 Å². The van der Waals surface area contributed by atoms with E-state index in [4.69, 9.17) is 1.37 Å². The summed E-state index contributed by atoms with van der Waals surface area (Å²) in [7, 11) is 0. The molecule has 0 aromatic heterocycles. The largest absolute Gasteiger partial charge is 0.0620 e. The Morgan fingerprint density at radius 1 is 0.800 bits per heavy atom. The SMILES string of the molecule is [2H][C@]1(C)C2CC3C4CC5CC3C1C(C5)C4C2. The Bertz CT molecular complexity index is 336. The highest BCUT2D eigenvalue weighted by molar-refractivity contribution is 5.13. The maximum absolute atomic E-state index is 8.83. The van der Waals surface area contributed by atoms with Gasteiger partial charge in [0.15, 0.2) is 0 Å².